The standard InChI is InChI=1S/C8H10N2O/c1-7-4-2-3-5-8(7)10(9)6-11/h2-6H,9H2,1H3. The number of benzene rings is 1. The van der Waals surface area contributed by atoms with Crippen molar-refractivity contribution in [1.82, 2.24) is 0 Å². The molecule has 0 heterocycles. The van der Waals surface area contributed by atoms with Gasteiger partial charge in [0.15, 0.2) is 0 Å². The third-order valence-corrected chi connectivity index (χ3v) is 1.51. The molecule has 0 spiro atoms. The number of para-hydroxylation sites is 1. The first-order valence-electron chi connectivity index (χ1n) is 3.30. The number of hydrogen-bond donors (Lipinski definition) is 1. The molecule has 0 saturated carbocycles. The monoisotopic (exact) mass is 150 g/mol. The maximum atomic E-state index is 10.3. The number of nitrogens with zero attached hydrogens (tertiary/aromatic N) is 1. The molecule has 11 heavy (non-hydrogen) atoms. The minimum atomic E-state index is 0.586. The van der Waals surface area contributed by atoms with Gasteiger partial charge in [-0.15, -0.1) is 0 Å². The van der Waals surface area contributed by atoms with Crippen molar-refractivity contribution in [2.45, 2.75) is 6.92 Å². The van der Waals surface area contributed by atoms with Crippen LogP contribution in [0.4, 0.5) is 5.69 Å². The number of carbonyl (C=O) groups is 1. The molecule has 0 aromatic heterocycles. The van der Waals surface area contributed by atoms with Crippen molar-refractivity contribution < 1.29 is 4.79 Å². The number of carbonyl (C=O) groups excluding carboxylic acids is 1. The quantitative estimate of drug-likeness (QED) is 0.294. The van der Waals surface area contributed by atoms with Crippen molar-refractivity contribution in [3.05, 3.63) is 29.8 Å². The summed E-state index contributed by atoms with van der Waals surface area (Å²) in [6, 6.07) is 7.44. The van der Waals surface area contributed by atoms with E-state index < -0.39 is 0 Å². The zero-order valence-corrected chi connectivity index (χ0v) is 6.32. The summed E-state index contributed by atoms with van der Waals surface area (Å²) >= 11 is 0. The second kappa shape index (κ2) is 3.16. The van der Waals surface area contributed by atoms with Crippen LogP contribution in [0, 0.1) is 6.92 Å². The summed E-state index contributed by atoms with van der Waals surface area (Å²) in [5.74, 6) is 5.36. The predicted octanol–water partition coefficient (Wildman–Crippen LogP) is 0.832. The highest BCUT2D eigenvalue weighted by Crippen LogP contribution is 2.14. The third kappa shape index (κ3) is 1.56. The lowest BCUT2D eigenvalue weighted by Gasteiger charge is -2.11. The first kappa shape index (κ1) is 7.75. The Morgan fingerprint density at radius 3 is 2.64 bits per heavy atom. The largest absolute Gasteiger partial charge is 0.277 e. The lowest BCUT2D eigenvalue weighted by molar-refractivity contribution is -0.107. The van der Waals surface area contributed by atoms with Gasteiger partial charge < -0.3 is 0 Å². The van der Waals surface area contributed by atoms with Crippen molar-refractivity contribution in [3.8, 4) is 0 Å². The molecule has 2 N–H and O–H groups in total. The van der Waals surface area contributed by atoms with Crippen molar-refractivity contribution in [2.75, 3.05) is 5.01 Å². The number of anilines is 1. The SMILES string of the molecule is Cc1ccccc1N(N)C=O. The number of aryl methyl sites for hydroxylation is 1. The van der Waals surface area contributed by atoms with Crippen LogP contribution in [0.5, 0.6) is 0 Å². The Morgan fingerprint density at radius 1 is 1.45 bits per heavy atom. The lowest BCUT2D eigenvalue weighted by Crippen LogP contribution is -2.29. The molecule has 3 heteroatoms. The van der Waals surface area contributed by atoms with Crippen LogP contribution >= 0.6 is 0 Å². The van der Waals surface area contributed by atoms with Gasteiger partial charge in [-0.1, -0.05) is 18.2 Å². The van der Waals surface area contributed by atoms with Gasteiger partial charge in [0, 0.05) is 0 Å². The fourth-order valence-corrected chi connectivity index (χ4v) is 0.910. The van der Waals surface area contributed by atoms with Gasteiger partial charge in [-0.05, 0) is 18.6 Å². The molecule has 1 aromatic rings. The van der Waals surface area contributed by atoms with Crippen LogP contribution in [-0.4, -0.2) is 6.41 Å². The highest BCUT2D eigenvalue weighted by molar-refractivity contribution is 5.74. The zero-order valence-electron chi connectivity index (χ0n) is 6.32. The van der Waals surface area contributed by atoms with Crippen LogP contribution in [0.2, 0.25) is 0 Å². The van der Waals surface area contributed by atoms with Gasteiger partial charge in [0.05, 0.1) is 5.69 Å². The van der Waals surface area contributed by atoms with Crippen LogP contribution in [0.15, 0.2) is 24.3 Å². The molecule has 1 amide bonds. The normalized spacial score (nSPS) is 9.27. The van der Waals surface area contributed by atoms with Crippen LogP contribution < -0.4 is 10.9 Å². The van der Waals surface area contributed by atoms with Crippen LogP contribution in [0.25, 0.3) is 0 Å². The molecule has 0 aliphatic carbocycles. The molecular formula is C8H10N2O. The van der Waals surface area contributed by atoms with E-state index in [1.165, 1.54) is 0 Å². The van der Waals surface area contributed by atoms with Gasteiger partial charge in [0.2, 0.25) is 6.41 Å². The number of nitrogens with two attached hydrogens (primary N) is 1. The molecule has 3 nitrogen and oxygen atoms in total. The number of rotatable bonds is 2. The fourth-order valence-electron chi connectivity index (χ4n) is 0.910. The van der Waals surface area contributed by atoms with Crippen molar-refractivity contribution in [2.24, 2.45) is 5.84 Å². The Morgan fingerprint density at radius 2 is 2.09 bits per heavy atom. The topological polar surface area (TPSA) is 46.3 Å². The summed E-state index contributed by atoms with van der Waals surface area (Å²) in [6.07, 6.45) is 0.586. The van der Waals surface area contributed by atoms with Gasteiger partial charge >= 0.3 is 0 Å². The van der Waals surface area contributed by atoms with E-state index in [2.05, 4.69) is 0 Å². The van der Waals surface area contributed by atoms with Crippen LogP contribution in [-0.2, 0) is 4.79 Å². The second-order valence-corrected chi connectivity index (χ2v) is 2.30. The Kier molecular flexibility index (Phi) is 2.23. The molecule has 58 valence electrons. The highest BCUT2D eigenvalue weighted by atomic mass is 16.1. The lowest BCUT2D eigenvalue weighted by atomic mass is 10.2. The van der Waals surface area contributed by atoms with E-state index in [-0.39, 0.29) is 0 Å². The van der Waals surface area contributed by atoms with Gasteiger partial charge in [0.25, 0.3) is 0 Å². The number of hydrazine groups is 1. The summed E-state index contributed by atoms with van der Waals surface area (Å²) in [6.45, 7) is 1.90. The molecule has 0 unspecified atom stereocenters. The summed E-state index contributed by atoms with van der Waals surface area (Å²) in [4.78, 5) is 10.3. The Hall–Kier alpha value is -1.35. The minimum Gasteiger partial charge on any atom is -0.277 e. The number of amides is 1. The maximum absolute atomic E-state index is 10.3. The minimum absolute atomic E-state index is 0.586. The predicted molar refractivity (Wildman–Crippen MR) is 43.9 cm³/mol. The summed E-state index contributed by atoms with van der Waals surface area (Å²) < 4.78 is 0. The molecule has 0 radical (unpaired) electrons. The van der Waals surface area contributed by atoms with Crippen molar-refractivity contribution >= 4 is 12.1 Å². The van der Waals surface area contributed by atoms with E-state index in [1.54, 1.807) is 6.07 Å². The average Bonchev–Trinajstić information content (AvgIpc) is 2.04. The molecule has 0 bridgehead atoms. The third-order valence-electron chi connectivity index (χ3n) is 1.51. The average molecular weight is 150 g/mol. The molecule has 0 fully saturated rings. The molecule has 0 aliphatic heterocycles. The molecule has 1 rings (SSSR count). The summed E-state index contributed by atoms with van der Waals surface area (Å²) in [7, 11) is 0. The molecular weight excluding hydrogens is 140 g/mol. The van der Waals surface area contributed by atoms with Crippen LogP contribution in [0.3, 0.4) is 0 Å². The Labute approximate surface area is 65.4 Å². The summed E-state index contributed by atoms with van der Waals surface area (Å²) in [5, 5.41) is 1.06. The molecule has 0 aliphatic rings. The van der Waals surface area contributed by atoms with Gasteiger partial charge in [-0.3, -0.25) is 9.80 Å². The van der Waals surface area contributed by atoms with E-state index in [4.69, 9.17) is 5.84 Å². The number of hydrogen-bond acceptors (Lipinski definition) is 2. The smallest absolute Gasteiger partial charge is 0.228 e. The maximum Gasteiger partial charge on any atom is 0.228 e. The highest BCUT2D eigenvalue weighted by Gasteiger charge is 2.00. The fraction of sp³-hybridized carbons (Fsp3) is 0.125. The van der Waals surface area contributed by atoms with E-state index >= 15 is 0 Å². The van der Waals surface area contributed by atoms with Crippen LogP contribution in [0.1, 0.15) is 5.56 Å². The second-order valence-electron chi connectivity index (χ2n) is 2.30. The van der Waals surface area contributed by atoms with E-state index in [0.29, 0.717) is 6.41 Å². The summed E-state index contributed by atoms with van der Waals surface area (Å²) in [5.41, 5.74) is 1.73. The molecule has 0 atom stereocenters. The van der Waals surface area contributed by atoms with Crippen molar-refractivity contribution in [1.29, 1.82) is 0 Å². The first-order chi connectivity index (χ1) is 5.25. The van der Waals surface area contributed by atoms with Gasteiger partial charge in [0.1, 0.15) is 0 Å². The Balaban J connectivity index is 3.02. The first-order valence-corrected chi connectivity index (χ1v) is 3.30. The van der Waals surface area contributed by atoms with Gasteiger partial charge in [-0.25, -0.2) is 5.84 Å². The van der Waals surface area contributed by atoms with E-state index in [0.717, 1.165) is 16.3 Å². The molecule has 1 aromatic carbocycles. The van der Waals surface area contributed by atoms with Gasteiger partial charge in [-0.2, -0.15) is 0 Å². The van der Waals surface area contributed by atoms with Crippen molar-refractivity contribution in [3.63, 3.8) is 0 Å². The molecule has 0 saturated heterocycles. The Bertz CT molecular complexity index is 260. The van der Waals surface area contributed by atoms with E-state index in [9.17, 15) is 4.79 Å². The zero-order chi connectivity index (χ0) is 8.27. The van der Waals surface area contributed by atoms with E-state index in [1.807, 2.05) is 25.1 Å².